The number of carbonyl (C=O) groups is 1. The zero-order valence-corrected chi connectivity index (χ0v) is 14.6. The van der Waals surface area contributed by atoms with Gasteiger partial charge in [0.1, 0.15) is 17.4 Å². The van der Waals surface area contributed by atoms with E-state index in [1.807, 2.05) is 24.3 Å². The van der Waals surface area contributed by atoms with Gasteiger partial charge in [0, 0.05) is 4.47 Å². The number of halogens is 2. The molecular weight excluding hydrogens is 384 g/mol. The molecular formula is C16H14BrClN2O3. The summed E-state index contributed by atoms with van der Waals surface area (Å²) in [5.74, 6) is -1.17. The third kappa shape index (κ3) is 3.52. The van der Waals surface area contributed by atoms with Crippen LogP contribution in [0.4, 0.5) is 0 Å². The Morgan fingerprint density at radius 2 is 2.30 bits per heavy atom. The zero-order valence-electron chi connectivity index (χ0n) is 12.3. The molecule has 1 aromatic carbocycles. The molecule has 5 nitrogen and oxygen atoms in total. The van der Waals surface area contributed by atoms with Crippen LogP contribution in [-0.2, 0) is 14.3 Å². The predicted molar refractivity (Wildman–Crippen MR) is 89.2 cm³/mol. The average molecular weight is 398 g/mol. The number of alkyl halides is 1. The molecule has 0 fully saturated rings. The Labute approximate surface area is 147 Å². The SMILES string of the molecule is CCOC(=O)C1=C(CCl)OC(N)=C(C#N)C1c1cccc(Br)c1. The van der Waals surface area contributed by atoms with E-state index in [1.165, 1.54) is 0 Å². The van der Waals surface area contributed by atoms with Gasteiger partial charge in [0.2, 0.25) is 5.88 Å². The maximum atomic E-state index is 12.4. The third-order valence-electron chi connectivity index (χ3n) is 3.30. The molecule has 0 bridgehead atoms. The van der Waals surface area contributed by atoms with E-state index in [9.17, 15) is 10.1 Å². The zero-order chi connectivity index (χ0) is 17.0. The fraction of sp³-hybridized carbons (Fsp3) is 0.250. The minimum Gasteiger partial charge on any atom is -0.463 e. The van der Waals surface area contributed by atoms with Gasteiger partial charge in [-0.25, -0.2) is 4.79 Å². The lowest BCUT2D eigenvalue weighted by Gasteiger charge is -2.27. The molecule has 23 heavy (non-hydrogen) atoms. The van der Waals surface area contributed by atoms with Gasteiger partial charge in [0.25, 0.3) is 0 Å². The number of rotatable bonds is 4. The molecule has 0 saturated heterocycles. The highest BCUT2D eigenvalue weighted by Crippen LogP contribution is 2.40. The monoisotopic (exact) mass is 396 g/mol. The molecule has 1 aliphatic rings. The predicted octanol–water partition coefficient (Wildman–Crippen LogP) is 3.31. The van der Waals surface area contributed by atoms with E-state index in [2.05, 4.69) is 15.9 Å². The number of hydrogen-bond donors (Lipinski definition) is 1. The van der Waals surface area contributed by atoms with Crippen molar-refractivity contribution in [2.24, 2.45) is 5.73 Å². The molecule has 1 unspecified atom stereocenters. The van der Waals surface area contributed by atoms with Crippen LogP contribution in [0.1, 0.15) is 18.4 Å². The summed E-state index contributed by atoms with van der Waals surface area (Å²) in [6.45, 7) is 1.90. The highest BCUT2D eigenvalue weighted by atomic mass is 79.9. The van der Waals surface area contributed by atoms with Gasteiger partial charge >= 0.3 is 5.97 Å². The maximum absolute atomic E-state index is 12.4. The number of ether oxygens (including phenoxy) is 2. The molecule has 0 saturated carbocycles. The minimum absolute atomic E-state index is 0.0545. The fourth-order valence-electron chi connectivity index (χ4n) is 2.37. The van der Waals surface area contributed by atoms with E-state index >= 15 is 0 Å². The summed E-state index contributed by atoms with van der Waals surface area (Å²) < 4.78 is 11.3. The number of nitriles is 1. The van der Waals surface area contributed by atoms with Crippen LogP contribution in [0.3, 0.4) is 0 Å². The average Bonchev–Trinajstić information content (AvgIpc) is 2.53. The Balaban J connectivity index is 2.66. The van der Waals surface area contributed by atoms with Crippen molar-refractivity contribution in [2.75, 3.05) is 12.5 Å². The second kappa shape index (κ2) is 7.53. The fourth-order valence-corrected chi connectivity index (χ4v) is 2.98. The normalized spacial score (nSPS) is 17.6. The van der Waals surface area contributed by atoms with E-state index in [0.29, 0.717) is 5.56 Å². The molecule has 7 heteroatoms. The van der Waals surface area contributed by atoms with Crippen molar-refractivity contribution >= 4 is 33.5 Å². The van der Waals surface area contributed by atoms with Crippen molar-refractivity contribution in [3.63, 3.8) is 0 Å². The first-order valence-corrected chi connectivity index (χ1v) is 8.15. The lowest BCUT2D eigenvalue weighted by Crippen LogP contribution is -2.26. The molecule has 1 aromatic rings. The van der Waals surface area contributed by atoms with Gasteiger partial charge in [-0.1, -0.05) is 28.1 Å². The molecule has 2 rings (SSSR count). The van der Waals surface area contributed by atoms with Crippen LogP contribution in [-0.4, -0.2) is 18.5 Å². The molecule has 0 spiro atoms. The lowest BCUT2D eigenvalue weighted by molar-refractivity contribution is -0.139. The molecule has 2 N–H and O–H groups in total. The first kappa shape index (κ1) is 17.4. The summed E-state index contributed by atoms with van der Waals surface area (Å²) in [4.78, 5) is 12.4. The van der Waals surface area contributed by atoms with Gasteiger partial charge < -0.3 is 15.2 Å². The van der Waals surface area contributed by atoms with Crippen molar-refractivity contribution in [3.8, 4) is 6.07 Å². The second-order valence-corrected chi connectivity index (χ2v) is 5.85. The van der Waals surface area contributed by atoms with Crippen molar-refractivity contribution in [1.29, 1.82) is 5.26 Å². The molecule has 0 amide bonds. The summed E-state index contributed by atoms with van der Waals surface area (Å²) >= 11 is 9.28. The highest BCUT2D eigenvalue weighted by Gasteiger charge is 2.37. The van der Waals surface area contributed by atoms with Crippen LogP contribution in [0.2, 0.25) is 0 Å². The molecule has 0 aliphatic carbocycles. The first-order chi connectivity index (χ1) is 11.0. The van der Waals surface area contributed by atoms with E-state index in [0.717, 1.165) is 4.47 Å². The number of hydrogen-bond acceptors (Lipinski definition) is 5. The number of benzene rings is 1. The van der Waals surface area contributed by atoms with E-state index < -0.39 is 11.9 Å². The molecule has 1 aliphatic heterocycles. The highest BCUT2D eigenvalue weighted by molar-refractivity contribution is 9.10. The quantitative estimate of drug-likeness (QED) is 0.622. The van der Waals surface area contributed by atoms with Gasteiger partial charge in [-0.05, 0) is 24.6 Å². The Morgan fingerprint density at radius 1 is 1.57 bits per heavy atom. The van der Waals surface area contributed by atoms with E-state index in [4.69, 9.17) is 26.8 Å². The van der Waals surface area contributed by atoms with Crippen LogP contribution < -0.4 is 5.73 Å². The Hall–Kier alpha value is -1.97. The van der Waals surface area contributed by atoms with Crippen molar-refractivity contribution in [2.45, 2.75) is 12.8 Å². The van der Waals surface area contributed by atoms with Crippen LogP contribution in [0.25, 0.3) is 0 Å². The summed E-state index contributed by atoms with van der Waals surface area (Å²) in [5, 5.41) is 9.46. The van der Waals surface area contributed by atoms with Crippen molar-refractivity contribution < 1.29 is 14.3 Å². The molecule has 1 atom stereocenters. The van der Waals surface area contributed by atoms with Gasteiger partial charge in [-0.15, -0.1) is 11.6 Å². The van der Waals surface area contributed by atoms with Gasteiger partial charge in [-0.3, -0.25) is 0 Å². The van der Waals surface area contributed by atoms with Crippen LogP contribution in [0.15, 0.2) is 51.5 Å². The van der Waals surface area contributed by atoms with Crippen LogP contribution in [0, 0.1) is 11.3 Å². The maximum Gasteiger partial charge on any atom is 0.338 e. The number of allylic oxidation sites excluding steroid dienone is 2. The standard InChI is InChI=1S/C16H14BrClN2O3/c1-2-22-16(21)14-12(7-18)23-15(20)11(8-19)13(14)9-4-3-5-10(17)6-9/h3-6,13H,2,7,20H2,1H3. The van der Waals surface area contributed by atoms with Gasteiger partial charge in [-0.2, -0.15) is 5.26 Å². The van der Waals surface area contributed by atoms with Crippen LogP contribution in [0.5, 0.6) is 0 Å². The number of esters is 1. The molecule has 0 radical (unpaired) electrons. The molecule has 120 valence electrons. The lowest BCUT2D eigenvalue weighted by atomic mass is 9.83. The van der Waals surface area contributed by atoms with Crippen molar-refractivity contribution in [1.82, 2.24) is 0 Å². The second-order valence-electron chi connectivity index (χ2n) is 4.67. The van der Waals surface area contributed by atoms with E-state index in [-0.39, 0.29) is 35.3 Å². The summed E-state index contributed by atoms with van der Waals surface area (Å²) in [6.07, 6.45) is 0. The van der Waals surface area contributed by atoms with E-state index in [1.54, 1.807) is 13.0 Å². The smallest absolute Gasteiger partial charge is 0.338 e. The largest absolute Gasteiger partial charge is 0.463 e. The minimum atomic E-state index is -0.681. The number of carbonyl (C=O) groups excluding carboxylic acids is 1. The van der Waals surface area contributed by atoms with Gasteiger partial charge in [0.05, 0.1) is 24.0 Å². The summed E-state index contributed by atoms with van der Waals surface area (Å²) in [6, 6.07) is 9.29. The third-order valence-corrected chi connectivity index (χ3v) is 4.03. The molecule has 1 heterocycles. The Morgan fingerprint density at radius 3 is 2.87 bits per heavy atom. The van der Waals surface area contributed by atoms with Crippen molar-refractivity contribution in [3.05, 3.63) is 57.1 Å². The molecule has 0 aromatic heterocycles. The van der Waals surface area contributed by atoms with Gasteiger partial charge in [0.15, 0.2) is 0 Å². The first-order valence-electron chi connectivity index (χ1n) is 6.82. The van der Waals surface area contributed by atoms with Crippen LogP contribution >= 0.6 is 27.5 Å². The summed E-state index contributed by atoms with van der Waals surface area (Å²) in [7, 11) is 0. The number of nitrogens with zero attached hydrogens (tertiary/aromatic N) is 1. The Kier molecular flexibility index (Phi) is 5.69. The summed E-state index contributed by atoms with van der Waals surface area (Å²) in [5.41, 5.74) is 6.90. The number of nitrogens with two attached hydrogens (primary N) is 1. The topological polar surface area (TPSA) is 85.3 Å². The Bertz CT molecular complexity index is 737.